The first kappa shape index (κ1) is 12.8. The highest BCUT2D eigenvalue weighted by atomic mass is 14.8. The van der Waals surface area contributed by atoms with Crippen molar-refractivity contribution in [3.63, 3.8) is 0 Å². The molecule has 0 atom stereocenters. The van der Waals surface area contributed by atoms with Gasteiger partial charge in [-0.2, -0.15) is 0 Å². The van der Waals surface area contributed by atoms with Gasteiger partial charge in [-0.15, -0.1) is 0 Å². The second kappa shape index (κ2) is 5.15. The average Bonchev–Trinajstić information content (AvgIpc) is 2.54. The van der Waals surface area contributed by atoms with Crippen LogP contribution >= 0.6 is 0 Å². The van der Waals surface area contributed by atoms with Crippen LogP contribution in [0.1, 0.15) is 16.8 Å². The van der Waals surface area contributed by atoms with E-state index in [4.69, 9.17) is 0 Å². The van der Waals surface area contributed by atoms with Gasteiger partial charge in [-0.05, 0) is 48.4 Å². The predicted molar refractivity (Wildman–Crippen MR) is 86.6 cm³/mol. The van der Waals surface area contributed by atoms with Crippen LogP contribution in [0, 0.1) is 6.92 Å². The van der Waals surface area contributed by atoms with Crippen LogP contribution in [0.2, 0.25) is 0 Å². The Morgan fingerprint density at radius 3 is 2.55 bits per heavy atom. The highest BCUT2D eigenvalue weighted by Gasteiger charge is 2.03. The van der Waals surface area contributed by atoms with Crippen LogP contribution < -0.4 is 0 Å². The van der Waals surface area contributed by atoms with Crippen molar-refractivity contribution < 1.29 is 0 Å². The number of pyridine rings is 4. The van der Waals surface area contributed by atoms with Gasteiger partial charge in [-0.3, -0.25) is 9.97 Å². The van der Waals surface area contributed by atoms with Gasteiger partial charge in [-0.25, -0.2) is 9.97 Å². The molecular weight excluding hydrogens is 272 g/mol. The fourth-order valence-corrected chi connectivity index (χ4v) is 2.63. The summed E-state index contributed by atoms with van der Waals surface area (Å²) < 4.78 is 0. The van der Waals surface area contributed by atoms with Crippen LogP contribution in [0.5, 0.6) is 0 Å². The van der Waals surface area contributed by atoms with Crippen LogP contribution in [0.25, 0.3) is 21.9 Å². The molecule has 0 fully saturated rings. The van der Waals surface area contributed by atoms with Crippen molar-refractivity contribution in [2.45, 2.75) is 13.3 Å². The maximum atomic E-state index is 4.49. The second-order valence-corrected chi connectivity index (χ2v) is 5.43. The third-order valence-electron chi connectivity index (χ3n) is 3.68. The minimum absolute atomic E-state index is 0.782. The van der Waals surface area contributed by atoms with Crippen molar-refractivity contribution in [1.29, 1.82) is 0 Å². The summed E-state index contributed by atoms with van der Waals surface area (Å²) in [5, 5.41) is 2.19. The molecule has 4 heterocycles. The molecule has 0 unspecified atom stereocenters. The third kappa shape index (κ3) is 2.39. The maximum Gasteiger partial charge on any atom is 0.159 e. The third-order valence-corrected chi connectivity index (χ3v) is 3.68. The molecule has 4 aromatic rings. The second-order valence-electron chi connectivity index (χ2n) is 5.43. The number of nitrogens with zero attached hydrogens (tertiary/aromatic N) is 4. The van der Waals surface area contributed by atoms with E-state index in [1.54, 1.807) is 6.20 Å². The van der Waals surface area contributed by atoms with Crippen LogP contribution in [-0.4, -0.2) is 19.9 Å². The lowest BCUT2D eigenvalue weighted by Crippen LogP contribution is -1.93. The Bertz CT molecular complexity index is 979. The minimum atomic E-state index is 0.782. The largest absolute Gasteiger partial charge is 0.259 e. The van der Waals surface area contributed by atoms with Crippen molar-refractivity contribution in [3.8, 4) is 0 Å². The minimum Gasteiger partial charge on any atom is -0.259 e. The molecule has 0 aromatic carbocycles. The highest BCUT2D eigenvalue weighted by Crippen LogP contribution is 2.17. The summed E-state index contributed by atoms with van der Waals surface area (Å²) in [7, 11) is 0. The van der Waals surface area contributed by atoms with Crippen molar-refractivity contribution >= 4 is 21.9 Å². The van der Waals surface area contributed by atoms with Gasteiger partial charge in [0, 0.05) is 41.5 Å². The predicted octanol–water partition coefficient (Wildman–Crippen LogP) is 3.47. The molecule has 0 amide bonds. The smallest absolute Gasteiger partial charge is 0.159 e. The van der Waals surface area contributed by atoms with Crippen LogP contribution in [0.3, 0.4) is 0 Å². The van der Waals surface area contributed by atoms with Gasteiger partial charge < -0.3 is 0 Å². The summed E-state index contributed by atoms with van der Waals surface area (Å²) in [6.45, 7) is 1.99. The van der Waals surface area contributed by atoms with E-state index >= 15 is 0 Å². The number of hydrogen-bond acceptors (Lipinski definition) is 4. The Morgan fingerprint density at radius 2 is 1.64 bits per heavy atom. The Kier molecular flexibility index (Phi) is 3.00. The van der Waals surface area contributed by atoms with Gasteiger partial charge in [0.15, 0.2) is 5.65 Å². The number of aryl methyl sites for hydroxylation is 1. The summed E-state index contributed by atoms with van der Waals surface area (Å²) >= 11 is 0. The molecule has 0 aliphatic rings. The number of rotatable bonds is 2. The quantitative estimate of drug-likeness (QED) is 0.566. The Hall–Kier alpha value is -2.88. The van der Waals surface area contributed by atoms with Gasteiger partial charge in [0.25, 0.3) is 0 Å². The molecule has 106 valence electrons. The van der Waals surface area contributed by atoms with Gasteiger partial charge in [-0.1, -0.05) is 0 Å². The highest BCUT2D eigenvalue weighted by molar-refractivity contribution is 5.78. The van der Waals surface area contributed by atoms with E-state index in [0.29, 0.717) is 0 Å². The molecule has 0 aliphatic carbocycles. The van der Waals surface area contributed by atoms with Crippen molar-refractivity contribution in [2.75, 3.05) is 0 Å². The molecule has 0 radical (unpaired) electrons. The summed E-state index contributed by atoms with van der Waals surface area (Å²) in [6, 6.07) is 10.3. The standard InChI is InChI=1S/C18H14N4/c1-12-5-16-8-14(9-21-17(16)11-20-12)6-13-7-15-3-2-4-19-18(15)22-10-13/h2-5,7-11H,6H2,1H3. The Morgan fingerprint density at radius 1 is 0.818 bits per heavy atom. The van der Waals surface area contributed by atoms with Crippen LogP contribution in [0.4, 0.5) is 0 Å². The lowest BCUT2D eigenvalue weighted by atomic mass is 10.1. The molecule has 4 aromatic heterocycles. The summed E-state index contributed by atoms with van der Waals surface area (Å²) in [5.41, 5.74) is 5.04. The molecule has 0 saturated carbocycles. The zero-order valence-electron chi connectivity index (χ0n) is 12.2. The van der Waals surface area contributed by atoms with Gasteiger partial charge >= 0.3 is 0 Å². The van der Waals surface area contributed by atoms with E-state index in [2.05, 4.69) is 38.1 Å². The van der Waals surface area contributed by atoms with Gasteiger partial charge in [0.05, 0.1) is 11.7 Å². The molecule has 0 saturated heterocycles. The fraction of sp³-hybridized carbons (Fsp3) is 0.111. The maximum absolute atomic E-state index is 4.49. The number of aromatic nitrogens is 4. The van der Waals surface area contributed by atoms with Crippen LogP contribution in [0.15, 0.2) is 55.1 Å². The number of hydrogen-bond donors (Lipinski definition) is 0. The van der Waals surface area contributed by atoms with E-state index in [-0.39, 0.29) is 0 Å². The van der Waals surface area contributed by atoms with Crippen molar-refractivity contribution in [1.82, 2.24) is 19.9 Å². The van der Waals surface area contributed by atoms with Gasteiger partial charge in [0.2, 0.25) is 0 Å². The fourth-order valence-electron chi connectivity index (χ4n) is 2.63. The summed E-state index contributed by atoms with van der Waals surface area (Å²) in [4.78, 5) is 17.4. The first-order chi connectivity index (χ1) is 10.8. The normalized spacial score (nSPS) is 11.1. The summed E-state index contributed by atoms with van der Waals surface area (Å²) in [6.07, 6.45) is 8.18. The molecule has 0 aliphatic heterocycles. The average molecular weight is 286 g/mol. The van der Waals surface area contributed by atoms with Crippen LogP contribution in [-0.2, 0) is 6.42 Å². The monoisotopic (exact) mass is 286 g/mol. The van der Waals surface area contributed by atoms with Gasteiger partial charge in [0.1, 0.15) is 0 Å². The zero-order valence-corrected chi connectivity index (χ0v) is 12.2. The molecule has 4 heteroatoms. The van der Waals surface area contributed by atoms with Crippen molar-refractivity contribution in [3.05, 3.63) is 71.9 Å². The van der Waals surface area contributed by atoms with E-state index in [1.165, 1.54) is 5.56 Å². The topological polar surface area (TPSA) is 51.6 Å². The van der Waals surface area contributed by atoms with E-state index in [9.17, 15) is 0 Å². The van der Waals surface area contributed by atoms with E-state index < -0.39 is 0 Å². The SMILES string of the molecule is Cc1cc2cc(Cc3cnc4ncccc4c3)cnc2cn1. The van der Waals surface area contributed by atoms with E-state index in [0.717, 1.165) is 39.6 Å². The zero-order chi connectivity index (χ0) is 14.9. The molecule has 4 rings (SSSR count). The molecule has 0 spiro atoms. The first-order valence-corrected chi connectivity index (χ1v) is 7.19. The Balaban J connectivity index is 1.72. The lowest BCUT2D eigenvalue weighted by molar-refractivity contribution is 1.13. The molecule has 22 heavy (non-hydrogen) atoms. The summed E-state index contributed by atoms with van der Waals surface area (Å²) in [5.74, 6) is 0. The molecular formula is C18H14N4. The molecule has 0 bridgehead atoms. The first-order valence-electron chi connectivity index (χ1n) is 7.19. The lowest BCUT2D eigenvalue weighted by Gasteiger charge is -2.05. The van der Waals surface area contributed by atoms with Crippen molar-refractivity contribution in [2.24, 2.45) is 0 Å². The number of fused-ring (bicyclic) bond motifs is 2. The molecule has 0 N–H and O–H groups in total. The molecule has 4 nitrogen and oxygen atoms in total. The Labute approximate surface area is 127 Å². The van der Waals surface area contributed by atoms with E-state index in [1.807, 2.05) is 37.6 Å².